The molecule has 0 bridgehead atoms. The molecule has 4 N–H and O–H groups in total. The first kappa shape index (κ1) is 21.8. The van der Waals surface area contributed by atoms with Gasteiger partial charge in [0, 0.05) is 16.7 Å². The molecule has 148 valence electrons. The molecule has 1 aliphatic rings. The molecule has 0 radical (unpaired) electrons. The third-order valence-corrected chi connectivity index (χ3v) is 6.60. The van der Waals surface area contributed by atoms with E-state index in [2.05, 4.69) is 15.6 Å². The van der Waals surface area contributed by atoms with Crippen LogP contribution in [0.3, 0.4) is 0 Å². The van der Waals surface area contributed by atoms with Crippen LogP contribution in [-0.4, -0.2) is 22.3 Å². The number of nitrogens with two attached hydrogens (primary N) is 1. The molecule has 27 heavy (non-hydrogen) atoms. The van der Waals surface area contributed by atoms with Crippen molar-refractivity contribution in [3.8, 4) is 10.6 Å². The summed E-state index contributed by atoms with van der Waals surface area (Å²) in [6, 6.07) is 3.99. The molecule has 9 heteroatoms. The Labute approximate surface area is 173 Å². The van der Waals surface area contributed by atoms with Gasteiger partial charge in [0.05, 0.1) is 22.7 Å². The predicted molar refractivity (Wildman–Crippen MR) is 114 cm³/mol. The van der Waals surface area contributed by atoms with E-state index in [0.29, 0.717) is 11.7 Å². The summed E-state index contributed by atoms with van der Waals surface area (Å²) in [6.45, 7) is 4.02. The van der Waals surface area contributed by atoms with E-state index in [1.807, 2.05) is 19.1 Å². The second kappa shape index (κ2) is 9.14. The maximum absolute atomic E-state index is 12.6. The van der Waals surface area contributed by atoms with Crippen LogP contribution in [0.15, 0.2) is 12.1 Å². The van der Waals surface area contributed by atoms with Crippen molar-refractivity contribution in [1.82, 2.24) is 10.3 Å². The second-order valence-corrected chi connectivity index (χ2v) is 9.14. The molecule has 2 heterocycles. The number of carbonyl (C=O) groups excluding carboxylic acids is 2. The van der Waals surface area contributed by atoms with Crippen LogP contribution in [0.5, 0.6) is 0 Å². The van der Waals surface area contributed by atoms with Gasteiger partial charge in [-0.1, -0.05) is 19.3 Å². The third-order valence-electron chi connectivity index (χ3n) is 4.62. The Morgan fingerprint density at radius 2 is 1.93 bits per heavy atom. The maximum atomic E-state index is 12.6. The molecule has 2 aromatic rings. The lowest BCUT2D eigenvalue weighted by Crippen LogP contribution is -2.52. The Balaban J connectivity index is 0.00000261. The van der Waals surface area contributed by atoms with E-state index in [9.17, 15) is 9.59 Å². The summed E-state index contributed by atoms with van der Waals surface area (Å²) in [5, 5.41) is 6.31. The van der Waals surface area contributed by atoms with Crippen LogP contribution in [0.4, 0.5) is 5.13 Å². The van der Waals surface area contributed by atoms with Gasteiger partial charge in [0.1, 0.15) is 0 Å². The number of anilines is 1. The van der Waals surface area contributed by atoms with Gasteiger partial charge in [0.25, 0.3) is 0 Å². The highest BCUT2D eigenvalue weighted by Crippen LogP contribution is 2.35. The van der Waals surface area contributed by atoms with Gasteiger partial charge in [-0.3, -0.25) is 9.59 Å². The summed E-state index contributed by atoms with van der Waals surface area (Å²) in [4.78, 5) is 31.4. The standard InChI is InChI=1S/C18H24N4O2S2.ClH/c1-11-15(14-7-6-13(26-14)10-20-12(2)23)21-17(25-11)22-16(24)18(19)8-4-3-5-9-18;/h6-7H,3-5,8-10,19H2,1-2H3,(H,20,23)(H,21,22,24);1H. The minimum absolute atomic E-state index is 0. The SMILES string of the molecule is CC(=O)NCc1ccc(-c2nc(NC(=O)C3(N)CCCCC3)sc2C)s1.Cl. The van der Waals surface area contributed by atoms with E-state index in [1.165, 1.54) is 18.3 Å². The first-order chi connectivity index (χ1) is 12.4. The van der Waals surface area contributed by atoms with Gasteiger partial charge in [-0.2, -0.15) is 0 Å². The fourth-order valence-electron chi connectivity index (χ4n) is 3.12. The number of aromatic nitrogens is 1. The first-order valence-electron chi connectivity index (χ1n) is 8.79. The van der Waals surface area contributed by atoms with Crippen molar-refractivity contribution in [3.05, 3.63) is 21.9 Å². The van der Waals surface area contributed by atoms with Gasteiger partial charge in [-0.05, 0) is 31.9 Å². The van der Waals surface area contributed by atoms with Crippen LogP contribution in [0.2, 0.25) is 0 Å². The van der Waals surface area contributed by atoms with E-state index in [1.54, 1.807) is 11.3 Å². The molecule has 1 saturated carbocycles. The summed E-state index contributed by atoms with van der Waals surface area (Å²) in [5.41, 5.74) is 6.40. The average Bonchev–Trinajstić information content (AvgIpc) is 3.20. The van der Waals surface area contributed by atoms with Crippen LogP contribution in [0.25, 0.3) is 10.6 Å². The van der Waals surface area contributed by atoms with Crippen molar-refractivity contribution in [2.45, 2.75) is 58.0 Å². The molecule has 0 aromatic carbocycles. The van der Waals surface area contributed by atoms with Crippen molar-refractivity contribution >= 4 is 52.0 Å². The number of hydrogen-bond acceptors (Lipinski definition) is 6. The molecule has 2 aromatic heterocycles. The highest BCUT2D eigenvalue weighted by atomic mass is 35.5. The first-order valence-corrected chi connectivity index (χ1v) is 10.4. The quantitative estimate of drug-likeness (QED) is 0.673. The monoisotopic (exact) mass is 428 g/mol. The van der Waals surface area contributed by atoms with Crippen LogP contribution < -0.4 is 16.4 Å². The van der Waals surface area contributed by atoms with Crippen molar-refractivity contribution in [1.29, 1.82) is 0 Å². The number of halogens is 1. The number of rotatable bonds is 5. The number of thiazole rings is 1. The highest BCUT2D eigenvalue weighted by Gasteiger charge is 2.35. The minimum Gasteiger partial charge on any atom is -0.351 e. The lowest BCUT2D eigenvalue weighted by molar-refractivity contribution is -0.122. The third kappa shape index (κ3) is 5.28. The molecule has 3 rings (SSSR count). The zero-order chi connectivity index (χ0) is 18.7. The lowest BCUT2D eigenvalue weighted by Gasteiger charge is -2.31. The number of hydrogen-bond donors (Lipinski definition) is 3. The van der Waals surface area contributed by atoms with E-state index < -0.39 is 5.54 Å². The molecule has 1 aliphatic carbocycles. The van der Waals surface area contributed by atoms with Gasteiger partial charge in [0.2, 0.25) is 11.8 Å². The molecule has 0 unspecified atom stereocenters. The van der Waals surface area contributed by atoms with Gasteiger partial charge in [0.15, 0.2) is 5.13 Å². The number of carbonyl (C=O) groups is 2. The zero-order valence-electron chi connectivity index (χ0n) is 15.5. The molecule has 0 spiro atoms. The van der Waals surface area contributed by atoms with E-state index in [0.717, 1.165) is 52.4 Å². The molecule has 6 nitrogen and oxygen atoms in total. The summed E-state index contributed by atoms with van der Waals surface area (Å²) >= 11 is 3.06. The Morgan fingerprint density at radius 1 is 1.22 bits per heavy atom. The molecule has 2 amide bonds. The summed E-state index contributed by atoms with van der Waals surface area (Å²) in [5.74, 6) is -0.178. The normalized spacial score (nSPS) is 15.7. The molecule has 1 fully saturated rings. The molecular formula is C18H25ClN4O2S2. The fraction of sp³-hybridized carbons (Fsp3) is 0.500. The number of amides is 2. The van der Waals surface area contributed by atoms with Crippen LogP contribution in [-0.2, 0) is 16.1 Å². The van der Waals surface area contributed by atoms with Gasteiger partial charge < -0.3 is 16.4 Å². The van der Waals surface area contributed by atoms with Crippen LogP contribution in [0.1, 0.15) is 48.8 Å². The van der Waals surface area contributed by atoms with E-state index >= 15 is 0 Å². The minimum atomic E-state index is -0.771. The number of thiophene rings is 1. The van der Waals surface area contributed by atoms with Crippen LogP contribution >= 0.6 is 35.1 Å². The van der Waals surface area contributed by atoms with Crippen molar-refractivity contribution in [3.63, 3.8) is 0 Å². The summed E-state index contributed by atoms with van der Waals surface area (Å²) < 4.78 is 0. The molecule has 0 atom stereocenters. The predicted octanol–water partition coefficient (Wildman–Crippen LogP) is 3.84. The van der Waals surface area contributed by atoms with Crippen molar-refractivity contribution in [2.24, 2.45) is 5.73 Å². The van der Waals surface area contributed by atoms with Crippen molar-refractivity contribution in [2.75, 3.05) is 5.32 Å². The summed E-state index contributed by atoms with van der Waals surface area (Å²) in [7, 11) is 0. The number of nitrogens with zero attached hydrogens (tertiary/aromatic N) is 1. The largest absolute Gasteiger partial charge is 0.351 e. The Kier molecular flexibility index (Phi) is 7.39. The van der Waals surface area contributed by atoms with Gasteiger partial charge in [-0.25, -0.2) is 4.98 Å². The van der Waals surface area contributed by atoms with Crippen molar-refractivity contribution < 1.29 is 9.59 Å². The Morgan fingerprint density at radius 3 is 2.59 bits per heavy atom. The van der Waals surface area contributed by atoms with E-state index in [-0.39, 0.29) is 24.2 Å². The zero-order valence-corrected chi connectivity index (χ0v) is 17.9. The maximum Gasteiger partial charge on any atom is 0.246 e. The number of nitrogens with one attached hydrogen (secondary N) is 2. The second-order valence-electron chi connectivity index (χ2n) is 6.77. The number of aryl methyl sites for hydroxylation is 1. The molecule has 0 saturated heterocycles. The van der Waals surface area contributed by atoms with Gasteiger partial charge >= 0.3 is 0 Å². The Hall–Kier alpha value is -1.48. The van der Waals surface area contributed by atoms with Crippen LogP contribution in [0, 0.1) is 6.92 Å². The summed E-state index contributed by atoms with van der Waals surface area (Å²) in [6.07, 6.45) is 4.60. The van der Waals surface area contributed by atoms with E-state index in [4.69, 9.17) is 5.73 Å². The smallest absolute Gasteiger partial charge is 0.246 e. The fourth-order valence-corrected chi connectivity index (χ4v) is 5.00. The lowest BCUT2D eigenvalue weighted by atomic mass is 9.82. The Bertz CT molecular complexity index is 812. The van der Waals surface area contributed by atoms with Gasteiger partial charge in [-0.15, -0.1) is 35.1 Å². The topological polar surface area (TPSA) is 97.1 Å². The molecule has 0 aliphatic heterocycles. The molecular weight excluding hydrogens is 404 g/mol. The highest BCUT2D eigenvalue weighted by molar-refractivity contribution is 7.18. The average molecular weight is 429 g/mol.